The molecule has 5 nitrogen and oxygen atoms in total. The molecule has 2 atom stereocenters. The van der Waals surface area contributed by atoms with Crippen molar-refractivity contribution in [2.45, 2.75) is 25.2 Å². The maximum atomic E-state index is 12.8. The van der Waals surface area contributed by atoms with E-state index in [4.69, 9.17) is 16.3 Å². The third-order valence-electron chi connectivity index (χ3n) is 5.49. The molecule has 1 unspecified atom stereocenters. The fraction of sp³-hybridized carbons (Fsp3) is 0.391. The summed E-state index contributed by atoms with van der Waals surface area (Å²) in [7, 11) is 1.62. The number of piperidine rings is 1. The SMILES string of the molecule is COc1ccc(C2CC(=O)N(CCO)C[C@H]2CC(=O)Cc2ccc(Cl)cc2)cc1. The van der Waals surface area contributed by atoms with Crippen molar-refractivity contribution in [2.75, 3.05) is 26.8 Å². The van der Waals surface area contributed by atoms with Crippen LogP contribution in [0.4, 0.5) is 0 Å². The van der Waals surface area contributed by atoms with Crippen molar-refractivity contribution in [1.82, 2.24) is 4.90 Å². The van der Waals surface area contributed by atoms with E-state index in [1.54, 1.807) is 24.1 Å². The van der Waals surface area contributed by atoms with Crippen molar-refractivity contribution >= 4 is 23.3 Å². The summed E-state index contributed by atoms with van der Waals surface area (Å²) in [6.45, 7) is 0.697. The minimum absolute atomic E-state index is 0.00689. The molecule has 1 fully saturated rings. The van der Waals surface area contributed by atoms with Crippen LogP contribution in [0, 0.1) is 5.92 Å². The standard InChI is InChI=1S/C23H26ClNO4/c1-29-21-8-4-17(5-9-21)22-14-23(28)25(10-11-26)15-18(22)13-20(27)12-16-2-6-19(24)7-3-16/h2-9,18,22,26H,10-15H2,1H3/t18-,22?/m1/s1. The van der Waals surface area contributed by atoms with Gasteiger partial charge in [0.05, 0.1) is 13.7 Å². The van der Waals surface area contributed by atoms with Crippen LogP contribution in [0.2, 0.25) is 5.02 Å². The summed E-state index contributed by atoms with van der Waals surface area (Å²) < 4.78 is 5.23. The molecule has 0 spiro atoms. The molecule has 0 aliphatic carbocycles. The minimum Gasteiger partial charge on any atom is -0.497 e. The number of nitrogens with zero attached hydrogens (tertiary/aromatic N) is 1. The summed E-state index contributed by atoms with van der Waals surface area (Å²) in [5, 5.41) is 9.92. The average molecular weight is 416 g/mol. The number of halogens is 1. The van der Waals surface area contributed by atoms with E-state index in [1.807, 2.05) is 36.4 Å². The van der Waals surface area contributed by atoms with E-state index in [9.17, 15) is 14.7 Å². The fourth-order valence-corrected chi connectivity index (χ4v) is 4.10. The van der Waals surface area contributed by atoms with Gasteiger partial charge in [0.1, 0.15) is 11.5 Å². The molecule has 0 aromatic heterocycles. The number of β-amino-alcohol motifs (C(OH)–C–C–N with tert-alkyl or cyclic N) is 1. The zero-order chi connectivity index (χ0) is 20.8. The van der Waals surface area contributed by atoms with Crippen molar-refractivity contribution in [1.29, 1.82) is 0 Å². The van der Waals surface area contributed by atoms with E-state index in [0.29, 0.717) is 37.4 Å². The van der Waals surface area contributed by atoms with Crippen LogP contribution in [0.15, 0.2) is 48.5 Å². The van der Waals surface area contributed by atoms with E-state index in [0.717, 1.165) is 16.9 Å². The van der Waals surface area contributed by atoms with E-state index in [-0.39, 0.29) is 30.1 Å². The Kier molecular flexibility index (Phi) is 7.29. The summed E-state index contributed by atoms with van der Waals surface area (Å²) >= 11 is 5.92. The number of likely N-dealkylation sites (tertiary alicyclic amines) is 1. The summed E-state index contributed by atoms with van der Waals surface area (Å²) in [6, 6.07) is 15.0. The Morgan fingerprint density at radius 2 is 1.86 bits per heavy atom. The average Bonchev–Trinajstić information content (AvgIpc) is 2.72. The van der Waals surface area contributed by atoms with E-state index in [2.05, 4.69) is 0 Å². The number of carbonyl (C=O) groups excluding carboxylic acids is 2. The van der Waals surface area contributed by atoms with E-state index < -0.39 is 0 Å². The van der Waals surface area contributed by atoms with Crippen LogP contribution in [0.1, 0.15) is 29.9 Å². The number of ketones is 1. The molecular formula is C23H26ClNO4. The predicted octanol–water partition coefficient (Wildman–Crippen LogP) is 3.47. The largest absolute Gasteiger partial charge is 0.497 e. The maximum Gasteiger partial charge on any atom is 0.223 e. The molecule has 1 amide bonds. The number of aliphatic hydroxyl groups excluding tert-OH is 1. The molecule has 29 heavy (non-hydrogen) atoms. The van der Waals surface area contributed by atoms with Crippen LogP contribution in [-0.4, -0.2) is 48.5 Å². The number of hydrogen-bond donors (Lipinski definition) is 1. The number of aliphatic hydroxyl groups is 1. The lowest BCUT2D eigenvalue weighted by atomic mass is 9.77. The van der Waals surface area contributed by atoms with Crippen molar-refractivity contribution in [3.05, 3.63) is 64.7 Å². The number of carbonyl (C=O) groups is 2. The molecule has 1 saturated heterocycles. The maximum absolute atomic E-state index is 12.8. The Bertz CT molecular complexity index is 835. The quantitative estimate of drug-likeness (QED) is 0.716. The Morgan fingerprint density at radius 1 is 1.17 bits per heavy atom. The topological polar surface area (TPSA) is 66.8 Å². The van der Waals surface area contributed by atoms with Gasteiger partial charge >= 0.3 is 0 Å². The molecule has 3 rings (SSSR count). The van der Waals surface area contributed by atoms with Crippen LogP contribution < -0.4 is 4.74 Å². The molecule has 1 aliphatic rings. The first-order chi connectivity index (χ1) is 14.0. The van der Waals surface area contributed by atoms with Crippen molar-refractivity contribution in [3.63, 3.8) is 0 Å². The second-order valence-corrected chi connectivity index (χ2v) is 7.89. The zero-order valence-electron chi connectivity index (χ0n) is 16.5. The molecule has 0 radical (unpaired) electrons. The van der Waals surface area contributed by atoms with Gasteiger partial charge < -0.3 is 14.7 Å². The highest BCUT2D eigenvalue weighted by Gasteiger charge is 2.35. The van der Waals surface area contributed by atoms with Gasteiger partial charge in [-0.25, -0.2) is 0 Å². The Hall–Kier alpha value is -2.37. The third-order valence-corrected chi connectivity index (χ3v) is 5.74. The van der Waals surface area contributed by atoms with Gasteiger partial charge in [0, 0.05) is 37.4 Å². The lowest BCUT2D eigenvalue weighted by Gasteiger charge is -2.38. The van der Waals surface area contributed by atoms with Crippen LogP contribution in [0.3, 0.4) is 0 Å². The molecule has 0 saturated carbocycles. The zero-order valence-corrected chi connectivity index (χ0v) is 17.3. The molecule has 1 N–H and O–H groups in total. The van der Waals surface area contributed by atoms with Gasteiger partial charge in [-0.05, 0) is 47.2 Å². The molecule has 6 heteroatoms. The highest BCUT2D eigenvalue weighted by molar-refractivity contribution is 6.30. The molecule has 0 bridgehead atoms. The summed E-state index contributed by atoms with van der Waals surface area (Å²) in [5.41, 5.74) is 1.96. The molecular weight excluding hydrogens is 390 g/mol. The number of rotatable bonds is 8. The summed E-state index contributed by atoms with van der Waals surface area (Å²) in [4.78, 5) is 27.0. The third kappa shape index (κ3) is 5.58. The van der Waals surface area contributed by atoms with Gasteiger partial charge in [0.2, 0.25) is 5.91 Å². The second kappa shape index (κ2) is 9.90. The molecule has 1 aliphatic heterocycles. The van der Waals surface area contributed by atoms with E-state index in [1.165, 1.54) is 0 Å². The number of benzene rings is 2. The van der Waals surface area contributed by atoms with Gasteiger partial charge in [0.25, 0.3) is 0 Å². The first-order valence-electron chi connectivity index (χ1n) is 9.79. The first-order valence-corrected chi connectivity index (χ1v) is 10.2. The monoisotopic (exact) mass is 415 g/mol. The van der Waals surface area contributed by atoms with Crippen LogP contribution in [0.25, 0.3) is 0 Å². The predicted molar refractivity (Wildman–Crippen MR) is 112 cm³/mol. The summed E-state index contributed by atoms with van der Waals surface area (Å²) in [6.07, 6.45) is 1.07. The van der Waals surface area contributed by atoms with Crippen molar-refractivity contribution in [3.8, 4) is 5.75 Å². The fourth-order valence-electron chi connectivity index (χ4n) is 3.98. The molecule has 2 aromatic carbocycles. The normalized spacial score (nSPS) is 19.3. The highest BCUT2D eigenvalue weighted by atomic mass is 35.5. The smallest absolute Gasteiger partial charge is 0.223 e. The number of Topliss-reactive ketones (excluding diaryl/α,β-unsaturated/α-hetero) is 1. The lowest BCUT2D eigenvalue weighted by Crippen LogP contribution is -2.45. The lowest BCUT2D eigenvalue weighted by molar-refractivity contribution is -0.137. The van der Waals surface area contributed by atoms with Crippen LogP contribution >= 0.6 is 11.6 Å². The molecule has 1 heterocycles. The number of methoxy groups -OCH3 is 1. The Balaban J connectivity index is 1.76. The van der Waals surface area contributed by atoms with Crippen molar-refractivity contribution < 1.29 is 19.4 Å². The van der Waals surface area contributed by atoms with Gasteiger partial charge in [-0.1, -0.05) is 35.9 Å². The number of hydrogen-bond acceptors (Lipinski definition) is 4. The molecule has 2 aromatic rings. The van der Waals surface area contributed by atoms with Gasteiger partial charge in [-0.15, -0.1) is 0 Å². The summed E-state index contributed by atoms with van der Waals surface area (Å²) in [5.74, 6) is 0.883. The highest BCUT2D eigenvalue weighted by Crippen LogP contribution is 2.36. The van der Waals surface area contributed by atoms with Gasteiger partial charge in [-0.2, -0.15) is 0 Å². The minimum atomic E-state index is -0.0790. The second-order valence-electron chi connectivity index (χ2n) is 7.45. The van der Waals surface area contributed by atoms with Gasteiger partial charge in [-0.3, -0.25) is 9.59 Å². The Morgan fingerprint density at radius 3 is 2.48 bits per heavy atom. The number of ether oxygens (including phenoxy) is 1. The van der Waals surface area contributed by atoms with Crippen LogP contribution in [-0.2, 0) is 16.0 Å². The molecule has 154 valence electrons. The van der Waals surface area contributed by atoms with E-state index >= 15 is 0 Å². The first kappa shape index (κ1) is 21.3. The van der Waals surface area contributed by atoms with Gasteiger partial charge in [0.15, 0.2) is 0 Å². The Labute approximate surface area is 176 Å². The van der Waals surface area contributed by atoms with Crippen LogP contribution in [0.5, 0.6) is 5.75 Å². The number of amides is 1. The van der Waals surface area contributed by atoms with Crippen molar-refractivity contribution in [2.24, 2.45) is 5.92 Å².